The van der Waals surface area contributed by atoms with Crippen molar-refractivity contribution in [2.45, 2.75) is 0 Å². The summed E-state index contributed by atoms with van der Waals surface area (Å²) >= 11 is 0. The third-order valence-electron chi connectivity index (χ3n) is 1.73. The average molecular weight is 183 g/mol. The Morgan fingerprint density at radius 1 is 1.54 bits per heavy atom. The van der Waals surface area contributed by atoms with Gasteiger partial charge in [-0.05, 0) is 0 Å². The number of rotatable bonds is 2. The first-order valence-corrected chi connectivity index (χ1v) is 3.56. The highest BCUT2D eigenvalue weighted by Crippen LogP contribution is 2.15. The van der Waals surface area contributed by atoms with E-state index in [0.717, 1.165) is 6.08 Å². The van der Waals surface area contributed by atoms with Crippen LogP contribution in [0.5, 0.6) is 0 Å². The van der Waals surface area contributed by atoms with E-state index in [2.05, 4.69) is 4.74 Å². The van der Waals surface area contributed by atoms with Crippen molar-refractivity contribution in [3.8, 4) is 0 Å². The molecule has 5 nitrogen and oxygen atoms in total. The molecule has 0 unspecified atom stereocenters. The van der Waals surface area contributed by atoms with Crippen molar-refractivity contribution < 1.29 is 19.4 Å². The Morgan fingerprint density at radius 2 is 2.15 bits per heavy atom. The lowest BCUT2D eigenvalue weighted by atomic mass is 10.00. The molecule has 70 valence electrons. The van der Waals surface area contributed by atoms with E-state index in [1.54, 1.807) is 0 Å². The van der Waals surface area contributed by atoms with Gasteiger partial charge < -0.3 is 15.6 Å². The second-order valence-electron chi connectivity index (χ2n) is 2.46. The van der Waals surface area contributed by atoms with Crippen molar-refractivity contribution in [1.82, 2.24) is 0 Å². The van der Waals surface area contributed by atoms with E-state index in [4.69, 9.17) is 10.8 Å². The van der Waals surface area contributed by atoms with Gasteiger partial charge in [0.15, 0.2) is 5.76 Å². The first-order valence-electron chi connectivity index (χ1n) is 3.56. The normalized spacial score (nSPS) is 17.5. The third-order valence-corrected chi connectivity index (χ3v) is 1.73. The van der Waals surface area contributed by atoms with Crippen molar-refractivity contribution in [3.63, 3.8) is 0 Å². The van der Waals surface area contributed by atoms with Crippen molar-refractivity contribution in [2.24, 2.45) is 5.73 Å². The molecule has 0 spiro atoms. The fraction of sp³-hybridized carbons (Fsp3) is 0.250. The fourth-order valence-corrected chi connectivity index (χ4v) is 0.991. The predicted molar refractivity (Wildman–Crippen MR) is 43.4 cm³/mol. The summed E-state index contributed by atoms with van der Waals surface area (Å²) < 4.78 is 4.64. The summed E-state index contributed by atoms with van der Waals surface area (Å²) in [6, 6.07) is 0. The maximum absolute atomic E-state index is 11.3. The van der Waals surface area contributed by atoms with E-state index in [-0.39, 0.29) is 17.0 Å². The zero-order valence-electron chi connectivity index (χ0n) is 7.03. The first-order chi connectivity index (χ1) is 6.11. The number of nitrogens with two attached hydrogens (primary N) is 1. The molecule has 0 amide bonds. The molecule has 0 aromatic heterocycles. The second-order valence-corrected chi connectivity index (χ2v) is 2.46. The maximum Gasteiger partial charge on any atom is 0.228 e. The summed E-state index contributed by atoms with van der Waals surface area (Å²) in [5, 5.41) is 8.77. The fourth-order valence-electron chi connectivity index (χ4n) is 0.991. The number of hydrogen-bond donors (Lipinski definition) is 2. The largest absolute Gasteiger partial charge is 0.493 e. The van der Waals surface area contributed by atoms with Crippen LogP contribution in [0.15, 0.2) is 23.1 Å². The van der Waals surface area contributed by atoms with Crippen LogP contribution >= 0.6 is 0 Å². The molecule has 0 fully saturated rings. The van der Waals surface area contributed by atoms with Crippen molar-refractivity contribution in [1.29, 1.82) is 0 Å². The average Bonchev–Trinajstić information content (AvgIpc) is 2.12. The maximum atomic E-state index is 11.3. The number of aliphatic hydroxyl groups excluding tert-OH is 1. The van der Waals surface area contributed by atoms with Crippen LogP contribution in [-0.2, 0) is 14.3 Å². The minimum Gasteiger partial charge on any atom is -0.493 e. The Labute approximate surface area is 74.5 Å². The van der Waals surface area contributed by atoms with Crippen LogP contribution in [0.25, 0.3) is 0 Å². The lowest BCUT2D eigenvalue weighted by molar-refractivity contribution is -0.118. The lowest BCUT2D eigenvalue weighted by Gasteiger charge is -2.13. The standard InChI is InChI=1S/C8H9NO4/c1-13-6-2-5(11)7(9)4(3-10)8(6)12/h2,10H,3,9H2,1H3. The van der Waals surface area contributed by atoms with Gasteiger partial charge in [-0.2, -0.15) is 0 Å². The molecule has 1 rings (SSSR count). The first kappa shape index (κ1) is 9.47. The molecular formula is C8H9NO4. The number of hydrogen-bond acceptors (Lipinski definition) is 5. The number of ketones is 2. The van der Waals surface area contributed by atoms with Crippen LogP contribution in [0.2, 0.25) is 0 Å². The Balaban J connectivity index is 3.14. The van der Waals surface area contributed by atoms with Gasteiger partial charge in [0.2, 0.25) is 11.6 Å². The molecule has 1 aliphatic carbocycles. The van der Waals surface area contributed by atoms with Gasteiger partial charge in [-0.25, -0.2) is 0 Å². The zero-order valence-corrected chi connectivity index (χ0v) is 7.03. The molecule has 0 saturated heterocycles. The number of allylic oxidation sites excluding steroid dienone is 2. The number of methoxy groups -OCH3 is 1. The molecule has 3 N–H and O–H groups in total. The van der Waals surface area contributed by atoms with Gasteiger partial charge in [-0.15, -0.1) is 0 Å². The smallest absolute Gasteiger partial charge is 0.228 e. The van der Waals surface area contributed by atoms with Gasteiger partial charge in [0.05, 0.1) is 25.0 Å². The molecule has 13 heavy (non-hydrogen) atoms. The van der Waals surface area contributed by atoms with Crippen LogP contribution < -0.4 is 5.73 Å². The molecule has 0 aliphatic heterocycles. The van der Waals surface area contributed by atoms with Gasteiger partial charge in [0, 0.05) is 6.08 Å². The second kappa shape index (κ2) is 3.40. The molecule has 0 saturated carbocycles. The van der Waals surface area contributed by atoms with Gasteiger partial charge in [0.1, 0.15) is 0 Å². The summed E-state index contributed by atoms with van der Waals surface area (Å²) in [5.41, 5.74) is 4.97. The summed E-state index contributed by atoms with van der Waals surface area (Å²) in [6.07, 6.45) is 1.01. The number of carbonyl (C=O) groups is 2. The molecule has 0 heterocycles. The summed E-state index contributed by atoms with van der Waals surface area (Å²) in [6.45, 7) is -0.558. The summed E-state index contributed by atoms with van der Waals surface area (Å²) in [5.74, 6) is -1.15. The highest BCUT2D eigenvalue weighted by Gasteiger charge is 2.26. The SMILES string of the molecule is COC1=CC(=O)C(N)=C(CO)C1=O. The molecule has 0 bridgehead atoms. The highest BCUT2D eigenvalue weighted by molar-refractivity contribution is 6.21. The van der Waals surface area contributed by atoms with Gasteiger partial charge in [-0.3, -0.25) is 9.59 Å². The van der Waals surface area contributed by atoms with E-state index < -0.39 is 18.2 Å². The molecule has 0 radical (unpaired) electrons. The third kappa shape index (κ3) is 1.46. The molecular weight excluding hydrogens is 174 g/mol. The summed E-state index contributed by atoms with van der Waals surface area (Å²) in [4.78, 5) is 22.4. The Hall–Kier alpha value is -1.62. The number of aliphatic hydroxyl groups is 1. The quantitative estimate of drug-likeness (QED) is 0.529. The van der Waals surface area contributed by atoms with E-state index in [9.17, 15) is 9.59 Å². The predicted octanol–water partition coefficient (Wildman–Crippen LogP) is -1.13. The topological polar surface area (TPSA) is 89.6 Å². The number of carbonyl (C=O) groups excluding carboxylic acids is 2. The number of Topliss-reactive ketones (excluding diaryl/α,β-unsaturated/α-hetero) is 1. The molecule has 1 aliphatic rings. The van der Waals surface area contributed by atoms with Crippen LogP contribution in [-0.4, -0.2) is 30.4 Å². The van der Waals surface area contributed by atoms with E-state index >= 15 is 0 Å². The molecule has 0 aromatic rings. The van der Waals surface area contributed by atoms with Gasteiger partial charge >= 0.3 is 0 Å². The van der Waals surface area contributed by atoms with Gasteiger partial charge in [0.25, 0.3) is 0 Å². The molecule has 0 aromatic carbocycles. The van der Waals surface area contributed by atoms with Crippen molar-refractivity contribution >= 4 is 11.6 Å². The zero-order chi connectivity index (χ0) is 10.0. The van der Waals surface area contributed by atoms with Crippen LogP contribution in [0.4, 0.5) is 0 Å². The molecule has 0 atom stereocenters. The van der Waals surface area contributed by atoms with E-state index in [1.807, 2.05) is 0 Å². The van der Waals surface area contributed by atoms with E-state index in [1.165, 1.54) is 7.11 Å². The minimum atomic E-state index is -0.558. The Bertz CT molecular complexity index is 327. The monoisotopic (exact) mass is 183 g/mol. The van der Waals surface area contributed by atoms with Crippen molar-refractivity contribution in [3.05, 3.63) is 23.1 Å². The van der Waals surface area contributed by atoms with Crippen LogP contribution in [0, 0.1) is 0 Å². The Morgan fingerprint density at radius 3 is 2.62 bits per heavy atom. The van der Waals surface area contributed by atoms with Gasteiger partial charge in [-0.1, -0.05) is 0 Å². The van der Waals surface area contributed by atoms with Crippen LogP contribution in [0.3, 0.4) is 0 Å². The molecule has 5 heteroatoms. The Kier molecular flexibility index (Phi) is 2.48. The van der Waals surface area contributed by atoms with Crippen molar-refractivity contribution in [2.75, 3.05) is 13.7 Å². The highest BCUT2D eigenvalue weighted by atomic mass is 16.5. The summed E-state index contributed by atoms with van der Waals surface area (Å²) in [7, 11) is 1.27. The number of ether oxygens (including phenoxy) is 1. The minimum absolute atomic E-state index is 0.0942. The lowest BCUT2D eigenvalue weighted by Crippen LogP contribution is -2.26. The van der Waals surface area contributed by atoms with Crippen LogP contribution in [0.1, 0.15) is 0 Å². The van der Waals surface area contributed by atoms with E-state index in [0.29, 0.717) is 0 Å².